The van der Waals surface area contributed by atoms with Crippen molar-refractivity contribution in [3.8, 4) is 55.6 Å². The Morgan fingerprint density at radius 1 is 0.234 bits per heavy atom. The lowest BCUT2D eigenvalue weighted by Crippen LogP contribution is -2.44. The first kappa shape index (κ1) is 81.6. The van der Waals surface area contributed by atoms with E-state index in [-0.39, 0.29) is 65.8 Å². The standard InChI is InChI=1S/C114H116N6O8/c1-65-55-79(119(75-27-19-67(20-28-75)83-57-71-61-87-95-91(99(71)125-103(83)121)111(11,12)43-51-115(95)47-39-107(87,3)4)76-29-21-68(22-30-76)84-58-72-62-88-96-92(100(72)126-104(84)122)112(13,14)44-52-116(96)48-40-108(88,5)6)35-37-81(65)82-38-36-80(56-66(82)2)120(77-31-23-69(24-32-77)85-59-73-63-89-97-93(101(73)127-105(85)123)113(15,16)45-53-117(97)49-41-109(89,7)8)78-33-25-70(26-34-78)86-60-74-64-90-98-94(102(74)128-106(86)124)114(17,18)46-54-118(98)50-42-110(90,9)10/h19-38,55-64H,39-54H2,1-18H3. The molecule has 0 spiro atoms. The predicted molar refractivity (Wildman–Crippen MR) is 527 cm³/mol. The second-order valence-electron chi connectivity index (χ2n) is 43.9. The number of rotatable bonds is 11. The molecule has 0 unspecified atom stereocenters. The molecule has 4 aromatic heterocycles. The molecule has 0 radical (unpaired) electrons. The van der Waals surface area contributed by atoms with Crippen molar-refractivity contribution in [2.45, 2.75) is 219 Å². The molecule has 14 nitrogen and oxygen atoms in total. The van der Waals surface area contributed by atoms with E-state index in [0.29, 0.717) is 44.6 Å². The van der Waals surface area contributed by atoms with E-state index in [9.17, 15) is 19.2 Å². The van der Waals surface area contributed by atoms with E-state index in [1.807, 2.05) is 48.5 Å². The average Bonchev–Trinajstić information content (AvgIpc) is 0.722. The summed E-state index contributed by atoms with van der Waals surface area (Å²) in [4.78, 5) is 73.2. The third kappa shape index (κ3) is 12.7. The Balaban J connectivity index is 0.639. The van der Waals surface area contributed by atoms with Crippen LogP contribution >= 0.6 is 0 Å². The summed E-state index contributed by atoms with van der Waals surface area (Å²) in [7, 11) is 0. The minimum atomic E-state index is -0.365. The first-order valence-electron chi connectivity index (χ1n) is 46.7. The van der Waals surface area contributed by atoms with Crippen LogP contribution in [0, 0.1) is 13.8 Å². The predicted octanol–water partition coefficient (Wildman–Crippen LogP) is 26.7. The van der Waals surface area contributed by atoms with Crippen LogP contribution in [0.2, 0.25) is 0 Å². The zero-order chi connectivity index (χ0) is 89.1. The molecular formula is C114H116N6O8. The van der Waals surface area contributed by atoms with E-state index in [2.05, 4.69) is 287 Å². The van der Waals surface area contributed by atoms with Gasteiger partial charge in [0.05, 0.1) is 22.3 Å². The summed E-state index contributed by atoms with van der Waals surface area (Å²) >= 11 is 0. The van der Waals surface area contributed by atoms with Gasteiger partial charge in [-0.15, -0.1) is 0 Å². The van der Waals surface area contributed by atoms with Gasteiger partial charge in [0.2, 0.25) is 0 Å². The van der Waals surface area contributed by atoms with Gasteiger partial charge < -0.3 is 47.1 Å². The molecule has 0 fully saturated rings. The van der Waals surface area contributed by atoms with Gasteiger partial charge in [-0.1, -0.05) is 171 Å². The molecule has 128 heavy (non-hydrogen) atoms. The van der Waals surface area contributed by atoms with Crippen LogP contribution in [-0.2, 0) is 43.3 Å². The first-order valence-corrected chi connectivity index (χ1v) is 46.7. The quantitative estimate of drug-likeness (QED) is 0.113. The Morgan fingerprint density at radius 3 is 0.633 bits per heavy atom. The maximum atomic E-state index is 14.7. The molecule has 0 saturated carbocycles. The van der Waals surface area contributed by atoms with Crippen LogP contribution in [0.3, 0.4) is 0 Å². The van der Waals surface area contributed by atoms with Crippen molar-refractivity contribution in [2.75, 3.05) is 81.8 Å². The highest BCUT2D eigenvalue weighted by atomic mass is 16.4. The summed E-state index contributed by atoms with van der Waals surface area (Å²) < 4.78 is 26.3. The number of anilines is 10. The van der Waals surface area contributed by atoms with Gasteiger partial charge in [0, 0.05) is 153 Å². The molecule has 0 N–H and O–H groups in total. The molecule has 0 aliphatic carbocycles. The van der Waals surface area contributed by atoms with Gasteiger partial charge in [0.1, 0.15) is 22.3 Å². The average molecular weight is 1700 g/mol. The minimum Gasteiger partial charge on any atom is -0.422 e. The zero-order valence-corrected chi connectivity index (χ0v) is 77.6. The lowest BCUT2D eigenvalue weighted by atomic mass is 9.69. The van der Waals surface area contributed by atoms with Crippen LogP contribution in [0.4, 0.5) is 56.9 Å². The Hall–Kier alpha value is -12.2. The van der Waals surface area contributed by atoms with Gasteiger partial charge >= 0.3 is 22.5 Å². The van der Waals surface area contributed by atoms with Crippen molar-refractivity contribution in [1.82, 2.24) is 0 Å². The normalized spacial score (nSPS) is 18.9. The summed E-state index contributed by atoms with van der Waals surface area (Å²) in [5.74, 6) is 0. The molecule has 0 atom stereocenters. The third-order valence-electron chi connectivity index (χ3n) is 31.9. The molecule has 0 amide bonds. The van der Waals surface area contributed by atoms with E-state index in [4.69, 9.17) is 17.7 Å². The summed E-state index contributed by atoms with van der Waals surface area (Å²) in [5, 5.41) is 3.76. The maximum Gasteiger partial charge on any atom is 0.344 e. The highest BCUT2D eigenvalue weighted by molar-refractivity contribution is 5.98. The number of hydrogen-bond acceptors (Lipinski definition) is 14. The van der Waals surface area contributed by atoms with E-state index < -0.39 is 0 Å². The van der Waals surface area contributed by atoms with E-state index in [1.54, 1.807) is 0 Å². The second kappa shape index (κ2) is 28.2. The van der Waals surface area contributed by atoms with Gasteiger partial charge in [-0.3, -0.25) is 0 Å². The van der Waals surface area contributed by atoms with Gasteiger partial charge in [-0.25, -0.2) is 19.2 Å². The fourth-order valence-electron chi connectivity index (χ4n) is 23.6. The highest BCUT2D eigenvalue weighted by Gasteiger charge is 2.48. The second-order valence-corrected chi connectivity index (χ2v) is 43.9. The fraction of sp³-hybridized carbons (Fsp3) is 0.368. The largest absolute Gasteiger partial charge is 0.422 e. The minimum absolute atomic E-state index is 0.0528. The van der Waals surface area contributed by atoms with Crippen LogP contribution in [0.15, 0.2) is 219 Å². The van der Waals surface area contributed by atoms with Crippen LogP contribution in [0.1, 0.15) is 218 Å². The summed E-state index contributed by atoms with van der Waals surface area (Å²) in [6, 6.07) is 63.7. The smallest absolute Gasteiger partial charge is 0.344 e. The van der Waals surface area contributed by atoms with Gasteiger partial charge in [-0.2, -0.15) is 0 Å². The zero-order valence-electron chi connectivity index (χ0n) is 77.6. The first-order chi connectivity index (χ1) is 60.8. The lowest BCUT2D eigenvalue weighted by Gasteiger charge is -2.48. The Morgan fingerprint density at radius 2 is 0.430 bits per heavy atom. The van der Waals surface area contributed by atoms with Crippen molar-refractivity contribution < 1.29 is 17.7 Å². The van der Waals surface area contributed by atoms with E-state index >= 15 is 0 Å². The molecule has 8 aliphatic rings. The SMILES string of the molecule is Cc1cc(N(c2ccc(-c3cc4cc5c6c(c4oc3=O)C(C)(C)CCN6CCC5(C)C)cc2)c2ccc(-c3cc4cc5c6c(c4oc3=O)C(C)(C)CCN6CCC5(C)C)cc2)ccc1-c1ccc(N(c2ccc(-c3cc4cc5c6c(c4oc3=O)C(C)(C)CCN6CCC5(C)C)cc2)c2ccc(-c3cc4cc5c6c(c4oc3=O)C(C)(C)CCN6CCC5(C)C)cc2)cc1C. The number of benzene rings is 10. The fourth-order valence-corrected chi connectivity index (χ4v) is 23.6. The number of aryl methyl sites for hydroxylation is 2. The Kier molecular flexibility index (Phi) is 18.0. The molecule has 650 valence electrons. The highest BCUT2D eigenvalue weighted by Crippen LogP contribution is 2.58. The molecule has 0 bridgehead atoms. The van der Waals surface area contributed by atoms with E-state index in [1.165, 1.54) is 45.0 Å². The monoisotopic (exact) mass is 1700 g/mol. The molecule has 12 heterocycles. The van der Waals surface area contributed by atoms with Crippen molar-refractivity contribution >= 4 is 101 Å². The molecule has 22 rings (SSSR count). The topological polar surface area (TPSA) is 140 Å². The molecule has 14 heteroatoms. The van der Waals surface area contributed by atoms with Crippen molar-refractivity contribution in [3.05, 3.63) is 279 Å². The van der Waals surface area contributed by atoms with Crippen molar-refractivity contribution in [2.24, 2.45) is 0 Å². The van der Waals surface area contributed by atoms with Crippen LogP contribution in [-0.4, -0.2) is 52.4 Å². The maximum absolute atomic E-state index is 14.7. The third-order valence-corrected chi connectivity index (χ3v) is 31.9. The number of fused-ring (bicyclic) bond motifs is 8. The summed E-state index contributed by atoms with van der Waals surface area (Å²) in [6.07, 6.45) is 8.08. The van der Waals surface area contributed by atoms with Crippen molar-refractivity contribution in [1.29, 1.82) is 0 Å². The lowest BCUT2D eigenvalue weighted by molar-refractivity contribution is 0.398. The Labute approximate surface area is 749 Å². The van der Waals surface area contributed by atoms with Crippen LogP contribution in [0.5, 0.6) is 0 Å². The van der Waals surface area contributed by atoms with E-state index in [0.717, 1.165) is 226 Å². The number of hydrogen-bond donors (Lipinski definition) is 0. The Bertz CT molecular complexity index is 6520. The van der Waals surface area contributed by atoms with Gasteiger partial charge in [-0.05, 0) is 297 Å². The van der Waals surface area contributed by atoms with Crippen LogP contribution in [0.25, 0.3) is 99.5 Å². The molecular weight excluding hydrogens is 1580 g/mol. The summed E-state index contributed by atoms with van der Waals surface area (Å²) in [6.45, 7) is 49.3. The molecule has 10 aromatic carbocycles. The van der Waals surface area contributed by atoms with Crippen LogP contribution < -0.4 is 51.9 Å². The molecule has 0 saturated heterocycles. The van der Waals surface area contributed by atoms with Gasteiger partial charge in [0.25, 0.3) is 0 Å². The molecule has 8 aliphatic heterocycles. The number of nitrogens with zero attached hydrogens (tertiary/aromatic N) is 6. The molecule has 14 aromatic rings. The van der Waals surface area contributed by atoms with Gasteiger partial charge in [0.15, 0.2) is 0 Å². The summed E-state index contributed by atoms with van der Waals surface area (Å²) in [5.41, 5.74) is 29.7. The van der Waals surface area contributed by atoms with Crippen molar-refractivity contribution in [3.63, 3.8) is 0 Å².